The van der Waals surface area contributed by atoms with Gasteiger partial charge in [0.25, 0.3) is 0 Å². The summed E-state index contributed by atoms with van der Waals surface area (Å²) in [6.45, 7) is 2.67. The van der Waals surface area contributed by atoms with Crippen molar-refractivity contribution in [1.82, 2.24) is 0 Å². The molecule has 0 unspecified atom stereocenters. The molecule has 5 nitrogen and oxygen atoms in total. The largest absolute Gasteiger partial charge is 1.00 e. The van der Waals surface area contributed by atoms with E-state index in [9.17, 15) is 9.90 Å². The average molecular weight is 520 g/mol. The van der Waals surface area contributed by atoms with Crippen LogP contribution in [0.2, 0.25) is 0 Å². The van der Waals surface area contributed by atoms with Crippen molar-refractivity contribution >= 4 is 27.2 Å². The Kier molecular flexibility index (Phi) is 7.65. The lowest BCUT2D eigenvalue weighted by atomic mass is 9.85. The third-order valence-corrected chi connectivity index (χ3v) is 7.57. The van der Waals surface area contributed by atoms with Gasteiger partial charge in [0, 0.05) is 35.6 Å². The SMILES string of the molecule is COc1cc2cc(C(=O)CC3(O)CC[N+](C)(Cc4ccccc4)CC3)sc2cc1OC.[Br-]. The van der Waals surface area contributed by atoms with E-state index in [2.05, 4.69) is 31.3 Å². The normalized spacial score (nSPS) is 22.9. The Morgan fingerprint density at radius 1 is 1.06 bits per heavy atom. The van der Waals surface area contributed by atoms with E-state index in [1.54, 1.807) is 14.2 Å². The van der Waals surface area contributed by atoms with Crippen molar-refractivity contribution in [1.29, 1.82) is 0 Å². The minimum Gasteiger partial charge on any atom is -1.00 e. The lowest BCUT2D eigenvalue weighted by Crippen LogP contribution is -3.00. The number of carbonyl (C=O) groups is 1. The minimum absolute atomic E-state index is 0. The van der Waals surface area contributed by atoms with Gasteiger partial charge in [-0.1, -0.05) is 30.3 Å². The number of fused-ring (bicyclic) bond motifs is 1. The zero-order valence-corrected chi connectivity index (χ0v) is 21.2. The molecule has 7 heteroatoms. The minimum atomic E-state index is -0.933. The molecule has 1 aromatic heterocycles. The summed E-state index contributed by atoms with van der Waals surface area (Å²) in [5.41, 5.74) is 0.375. The third kappa shape index (κ3) is 5.34. The highest BCUT2D eigenvalue weighted by molar-refractivity contribution is 7.20. The van der Waals surface area contributed by atoms with E-state index in [0.717, 1.165) is 34.2 Å². The monoisotopic (exact) mass is 519 g/mol. The first-order valence-corrected chi connectivity index (χ1v) is 11.4. The number of Topliss-reactive ketones (excluding diaryl/α,β-unsaturated/α-hetero) is 1. The summed E-state index contributed by atoms with van der Waals surface area (Å²) in [6, 6.07) is 16.2. The molecule has 3 aromatic rings. The van der Waals surface area contributed by atoms with E-state index in [4.69, 9.17) is 9.47 Å². The Morgan fingerprint density at radius 3 is 2.31 bits per heavy atom. The van der Waals surface area contributed by atoms with Gasteiger partial charge in [-0.3, -0.25) is 4.79 Å². The van der Waals surface area contributed by atoms with Crippen LogP contribution in [0.15, 0.2) is 48.5 Å². The molecule has 1 N–H and O–H groups in total. The molecule has 0 saturated carbocycles. The summed E-state index contributed by atoms with van der Waals surface area (Å²) in [5.74, 6) is 1.30. The Morgan fingerprint density at radius 2 is 1.69 bits per heavy atom. The molecule has 1 aliphatic heterocycles. The maximum Gasteiger partial charge on any atom is 0.175 e. The fraction of sp³-hybridized carbons (Fsp3) is 0.400. The first-order valence-electron chi connectivity index (χ1n) is 10.6. The number of nitrogens with zero attached hydrogens (tertiary/aromatic N) is 1. The highest BCUT2D eigenvalue weighted by Gasteiger charge is 2.40. The predicted octanol–water partition coefficient (Wildman–Crippen LogP) is 1.67. The Hall–Kier alpha value is -1.93. The number of piperidine rings is 1. The number of hydrogen-bond donors (Lipinski definition) is 1. The van der Waals surface area contributed by atoms with Crippen LogP contribution < -0.4 is 26.5 Å². The van der Waals surface area contributed by atoms with Crippen molar-refractivity contribution in [2.24, 2.45) is 0 Å². The zero-order chi connectivity index (χ0) is 22.1. The lowest BCUT2D eigenvalue weighted by molar-refractivity contribution is -0.929. The van der Waals surface area contributed by atoms with Crippen LogP contribution >= 0.6 is 11.3 Å². The summed E-state index contributed by atoms with van der Waals surface area (Å²) < 4.78 is 12.6. The molecular formula is C25H30BrNO4S. The highest BCUT2D eigenvalue weighted by atomic mass is 79.9. The van der Waals surface area contributed by atoms with Crippen molar-refractivity contribution in [2.75, 3.05) is 34.4 Å². The summed E-state index contributed by atoms with van der Waals surface area (Å²) in [4.78, 5) is 13.7. The van der Waals surface area contributed by atoms with Crippen molar-refractivity contribution in [2.45, 2.75) is 31.4 Å². The predicted molar refractivity (Wildman–Crippen MR) is 124 cm³/mol. The molecule has 0 aliphatic carbocycles. The number of thiophene rings is 1. The summed E-state index contributed by atoms with van der Waals surface area (Å²) in [5, 5.41) is 12.1. The molecule has 32 heavy (non-hydrogen) atoms. The van der Waals surface area contributed by atoms with Gasteiger partial charge >= 0.3 is 0 Å². The third-order valence-electron chi connectivity index (χ3n) is 6.43. The average Bonchev–Trinajstić information content (AvgIpc) is 3.19. The number of ketones is 1. The quantitative estimate of drug-likeness (QED) is 0.381. The van der Waals surface area contributed by atoms with Gasteiger partial charge in [0.05, 0.1) is 44.8 Å². The van der Waals surface area contributed by atoms with Gasteiger partial charge in [-0.25, -0.2) is 0 Å². The molecule has 1 aliphatic rings. The summed E-state index contributed by atoms with van der Waals surface area (Å²) in [6.07, 6.45) is 1.43. The zero-order valence-electron chi connectivity index (χ0n) is 18.8. The molecule has 172 valence electrons. The smallest absolute Gasteiger partial charge is 0.175 e. The van der Waals surface area contributed by atoms with Gasteiger partial charge in [-0.2, -0.15) is 0 Å². The molecule has 0 radical (unpaired) electrons. The van der Waals surface area contributed by atoms with E-state index < -0.39 is 5.60 Å². The number of methoxy groups -OCH3 is 2. The topological polar surface area (TPSA) is 55.8 Å². The number of likely N-dealkylation sites (tertiary alicyclic amines) is 1. The first kappa shape index (κ1) is 24.7. The van der Waals surface area contributed by atoms with E-state index in [1.807, 2.05) is 24.3 Å². The van der Waals surface area contributed by atoms with Crippen LogP contribution in [0.4, 0.5) is 0 Å². The number of benzene rings is 2. The molecule has 0 spiro atoms. The van der Waals surface area contributed by atoms with E-state index in [0.29, 0.717) is 29.2 Å². The second-order valence-electron chi connectivity index (χ2n) is 8.89. The van der Waals surface area contributed by atoms with Crippen LogP contribution in [0.1, 0.15) is 34.5 Å². The van der Waals surface area contributed by atoms with Crippen LogP contribution in [0.3, 0.4) is 0 Å². The molecule has 1 fully saturated rings. The number of carbonyl (C=O) groups excluding carboxylic acids is 1. The molecule has 1 saturated heterocycles. The molecule has 2 heterocycles. The Bertz CT molecular complexity index is 1030. The molecule has 0 amide bonds. The van der Waals surface area contributed by atoms with Crippen molar-refractivity contribution in [3.8, 4) is 11.5 Å². The molecule has 0 atom stereocenters. The Labute approximate surface area is 203 Å². The summed E-state index contributed by atoms with van der Waals surface area (Å²) >= 11 is 1.44. The molecule has 4 rings (SSSR count). The van der Waals surface area contributed by atoms with Gasteiger partial charge < -0.3 is 36.0 Å². The summed E-state index contributed by atoms with van der Waals surface area (Å²) in [7, 11) is 5.44. The van der Waals surface area contributed by atoms with Gasteiger partial charge in [0.2, 0.25) is 0 Å². The number of halogens is 1. The number of aliphatic hydroxyl groups is 1. The maximum atomic E-state index is 13.0. The fourth-order valence-corrected chi connectivity index (χ4v) is 5.45. The van der Waals surface area contributed by atoms with Crippen LogP contribution in [-0.2, 0) is 6.54 Å². The lowest BCUT2D eigenvalue weighted by Gasteiger charge is -2.44. The maximum absolute atomic E-state index is 13.0. The van der Waals surface area contributed by atoms with Crippen LogP contribution in [0.5, 0.6) is 11.5 Å². The van der Waals surface area contributed by atoms with Gasteiger partial charge in [-0.15, -0.1) is 11.3 Å². The van der Waals surface area contributed by atoms with Gasteiger partial charge in [-0.05, 0) is 17.5 Å². The van der Waals surface area contributed by atoms with E-state index in [-0.39, 0.29) is 29.2 Å². The molecular weight excluding hydrogens is 490 g/mol. The van der Waals surface area contributed by atoms with Crippen molar-refractivity contribution in [3.63, 3.8) is 0 Å². The van der Waals surface area contributed by atoms with Crippen molar-refractivity contribution in [3.05, 3.63) is 59.0 Å². The fourth-order valence-electron chi connectivity index (χ4n) is 4.44. The molecule has 0 bridgehead atoms. The van der Waals surface area contributed by atoms with Crippen LogP contribution in [0, 0.1) is 0 Å². The number of quaternary nitrogens is 1. The van der Waals surface area contributed by atoms with E-state index in [1.165, 1.54) is 16.9 Å². The van der Waals surface area contributed by atoms with E-state index >= 15 is 0 Å². The molecule has 2 aromatic carbocycles. The van der Waals surface area contributed by atoms with Crippen molar-refractivity contribution < 1.29 is 40.8 Å². The first-order chi connectivity index (χ1) is 14.8. The Balaban J connectivity index is 0.00000289. The van der Waals surface area contributed by atoms with Crippen LogP contribution in [-0.4, -0.2) is 55.3 Å². The van der Waals surface area contributed by atoms with Crippen LogP contribution in [0.25, 0.3) is 10.1 Å². The number of hydrogen-bond acceptors (Lipinski definition) is 5. The highest BCUT2D eigenvalue weighted by Crippen LogP contribution is 2.38. The number of ether oxygens (including phenoxy) is 2. The van der Waals surface area contributed by atoms with Gasteiger partial charge in [0.15, 0.2) is 17.3 Å². The number of rotatable bonds is 7. The standard InChI is InChI=1S/C25H30NO4S.BrH/c1-26(17-18-7-5-4-6-8-18)11-9-25(28,10-12-26)16-20(27)24-14-19-13-21(29-2)22(30-3)15-23(19)31-24;/h4-8,13-15,28H,9-12,16-17H2,1-3H3;1H/q+1;/p-1. The second-order valence-corrected chi connectivity index (χ2v) is 9.97. The van der Waals surface area contributed by atoms with Gasteiger partial charge in [0.1, 0.15) is 6.54 Å². The second kappa shape index (κ2) is 9.91.